The van der Waals surface area contributed by atoms with Crippen LogP contribution in [0, 0.1) is 0 Å². The Hall–Kier alpha value is -1.55. The number of allylic oxidation sites excluding steroid dienone is 1. The molecule has 0 bridgehead atoms. The fourth-order valence-electron chi connectivity index (χ4n) is 1.82. The Morgan fingerprint density at radius 3 is 3.06 bits per heavy atom. The molecule has 0 saturated heterocycles. The molecule has 2 aromatic rings. The fourth-order valence-corrected chi connectivity index (χ4v) is 2.15. The van der Waals surface area contributed by atoms with Crippen LogP contribution < -0.4 is 11.1 Å². The second-order valence-electron chi connectivity index (χ2n) is 4.04. The van der Waals surface area contributed by atoms with Crippen LogP contribution in [0.5, 0.6) is 0 Å². The first kappa shape index (κ1) is 12.9. The molecular formula is C14H16BrN3. The molecule has 18 heavy (non-hydrogen) atoms. The molecule has 1 aromatic heterocycles. The summed E-state index contributed by atoms with van der Waals surface area (Å²) >= 11 is 3.42. The molecule has 4 heteroatoms. The summed E-state index contributed by atoms with van der Waals surface area (Å²) in [6.07, 6.45) is 6.98. The molecule has 0 spiro atoms. The number of hydrogen-bond acceptors (Lipinski definition) is 3. The Balaban J connectivity index is 2.31. The second kappa shape index (κ2) is 5.87. The van der Waals surface area contributed by atoms with E-state index in [1.54, 1.807) is 6.20 Å². The maximum Gasteiger partial charge on any atom is 0.0954 e. The van der Waals surface area contributed by atoms with Crippen LogP contribution in [0.25, 0.3) is 10.9 Å². The molecule has 94 valence electrons. The van der Waals surface area contributed by atoms with Crippen molar-refractivity contribution in [1.82, 2.24) is 4.98 Å². The van der Waals surface area contributed by atoms with Crippen molar-refractivity contribution in [3.05, 3.63) is 41.0 Å². The van der Waals surface area contributed by atoms with Gasteiger partial charge in [-0.15, -0.1) is 0 Å². The highest BCUT2D eigenvalue weighted by Crippen LogP contribution is 2.28. The van der Waals surface area contributed by atoms with Gasteiger partial charge in [0.2, 0.25) is 0 Å². The summed E-state index contributed by atoms with van der Waals surface area (Å²) in [7, 11) is 0. The zero-order chi connectivity index (χ0) is 13.0. The summed E-state index contributed by atoms with van der Waals surface area (Å²) in [4.78, 5) is 4.43. The minimum atomic E-state index is 0.748. The lowest BCUT2D eigenvalue weighted by Crippen LogP contribution is -2.02. The Labute approximate surface area is 115 Å². The van der Waals surface area contributed by atoms with Gasteiger partial charge in [-0.05, 0) is 47.5 Å². The molecule has 0 atom stereocenters. The highest BCUT2D eigenvalue weighted by molar-refractivity contribution is 9.10. The van der Waals surface area contributed by atoms with E-state index < -0.39 is 0 Å². The monoisotopic (exact) mass is 305 g/mol. The lowest BCUT2D eigenvalue weighted by molar-refractivity contribution is 1.07. The fraction of sp³-hybridized carbons (Fsp3) is 0.214. The van der Waals surface area contributed by atoms with Gasteiger partial charge in [-0.3, -0.25) is 4.98 Å². The minimum absolute atomic E-state index is 0.748. The number of nitrogens with two attached hydrogens (primary N) is 1. The van der Waals surface area contributed by atoms with Gasteiger partial charge in [0.25, 0.3) is 0 Å². The lowest BCUT2D eigenvalue weighted by atomic mass is 10.1. The van der Waals surface area contributed by atoms with Crippen molar-refractivity contribution < 1.29 is 0 Å². The van der Waals surface area contributed by atoms with E-state index in [4.69, 9.17) is 5.73 Å². The molecule has 0 fully saturated rings. The number of nitrogen functional groups attached to an aromatic ring is 1. The van der Waals surface area contributed by atoms with E-state index in [0.29, 0.717) is 0 Å². The van der Waals surface area contributed by atoms with E-state index in [1.807, 2.05) is 25.1 Å². The molecule has 3 N–H and O–H groups in total. The predicted octanol–water partition coefficient (Wildman–Crippen LogP) is 3.96. The van der Waals surface area contributed by atoms with Crippen molar-refractivity contribution in [3.8, 4) is 0 Å². The van der Waals surface area contributed by atoms with Crippen molar-refractivity contribution >= 4 is 38.2 Å². The number of fused-ring (bicyclic) bond motifs is 1. The number of hydrogen-bond donors (Lipinski definition) is 2. The van der Waals surface area contributed by atoms with Gasteiger partial charge in [-0.25, -0.2) is 0 Å². The molecule has 3 nitrogen and oxygen atoms in total. The Bertz CT molecular complexity index is 579. The van der Waals surface area contributed by atoms with Crippen LogP contribution in [0.2, 0.25) is 0 Å². The molecule has 0 saturated carbocycles. The van der Waals surface area contributed by atoms with Gasteiger partial charge in [0.1, 0.15) is 0 Å². The largest absolute Gasteiger partial charge is 0.398 e. The van der Waals surface area contributed by atoms with Crippen molar-refractivity contribution in [2.75, 3.05) is 17.6 Å². The SMILES string of the molecule is C/C=C/CCNc1ccc(N)c2cc(Br)cnc12. The number of halogens is 1. The first-order valence-electron chi connectivity index (χ1n) is 5.91. The van der Waals surface area contributed by atoms with Crippen LogP contribution in [0.1, 0.15) is 13.3 Å². The zero-order valence-electron chi connectivity index (χ0n) is 10.3. The number of nitrogens with zero attached hydrogens (tertiary/aromatic N) is 1. The third kappa shape index (κ3) is 2.82. The van der Waals surface area contributed by atoms with Gasteiger partial charge < -0.3 is 11.1 Å². The smallest absolute Gasteiger partial charge is 0.0954 e. The molecular weight excluding hydrogens is 290 g/mol. The summed E-state index contributed by atoms with van der Waals surface area (Å²) in [5.74, 6) is 0. The molecule has 0 amide bonds. The standard InChI is InChI=1S/C14H16BrN3/c1-2-3-4-7-17-13-6-5-12(16)11-8-10(15)9-18-14(11)13/h2-3,5-6,8-9,17H,4,7,16H2,1H3/b3-2+. The number of rotatable bonds is 4. The average Bonchev–Trinajstić information content (AvgIpc) is 2.37. The zero-order valence-corrected chi connectivity index (χ0v) is 11.9. The van der Waals surface area contributed by atoms with Crippen LogP contribution in [0.15, 0.2) is 41.0 Å². The molecule has 0 aliphatic heterocycles. The third-order valence-electron chi connectivity index (χ3n) is 2.71. The van der Waals surface area contributed by atoms with Crippen molar-refractivity contribution in [2.24, 2.45) is 0 Å². The first-order valence-corrected chi connectivity index (χ1v) is 6.70. The predicted molar refractivity (Wildman–Crippen MR) is 81.8 cm³/mol. The van der Waals surface area contributed by atoms with Gasteiger partial charge in [-0.1, -0.05) is 12.2 Å². The molecule has 0 aliphatic rings. The number of pyridine rings is 1. The Morgan fingerprint density at radius 2 is 2.28 bits per heavy atom. The van der Waals surface area contributed by atoms with E-state index in [0.717, 1.165) is 39.7 Å². The third-order valence-corrected chi connectivity index (χ3v) is 3.15. The van der Waals surface area contributed by atoms with Crippen LogP contribution in [-0.2, 0) is 0 Å². The van der Waals surface area contributed by atoms with Crippen molar-refractivity contribution in [1.29, 1.82) is 0 Å². The van der Waals surface area contributed by atoms with Gasteiger partial charge in [0.05, 0.1) is 11.2 Å². The summed E-state index contributed by atoms with van der Waals surface area (Å²) in [5.41, 5.74) is 8.66. The van der Waals surface area contributed by atoms with Gasteiger partial charge >= 0.3 is 0 Å². The molecule has 0 aliphatic carbocycles. The van der Waals surface area contributed by atoms with Gasteiger partial charge in [0.15, 0.2) is 0 Å². The molecule has 1 heterocycles. The van der Waals surface area contributed by atoms with E-state index >= 15 is 0 Å². The van der Waals surface area contributed by atoms with Crippen molar-refractivity contribution in [2.45, 2.75) is 13.3 Å². The molecule has 1 aromatic carbocycles. The average molecular weight is 306 g/mol. The summed E-state index contributed by atoms with van der Waals surface area (Å²) in [6.45, 7) is 2.92. The molecule has 0 unspecified atom stereocenters. The maximum atomic E-state index is 5.97. The van der Waals surface area contributed by atoms with E-state index in [2.05, 4.69) is 38.4 Å². The molecule has 0 radical (unpaired) electrons. The van der Waals surface area contributed by atoms with Crippen LogP contribution >= 0.6 is 15.9 Å². The van der Waals surface area contributed by atoms with Crippen LogP contribution in [0.3, 0.4) is 0 Å². The van der Waals surface area contributed by atoms with Gasteiger partial charge in [0, 0.05) is 28.3 Å². The van der Waals surface area contributed by atoms with Crippen molar-refractivity contribution in [3.63, 3.8) is 0 Å². The van der Waals surface area contributed by atoms with E-state index in [9.17, 15) is 0 Å². The summed E-state index contributed by atoms with van der Waals surface area (Å²) in [6, 6.07) is 5.89. The van der Waals surface area contributed by atoms with E-state index in [-0.39, 0.29) is 0 Å². The summed E-state index contributed by atoms with van der Waals surface area (Å²) < 4.78 is 0.938. The Kier molecular flexibility index (Phi) is 4.20. The van der Waals surface area contributed by atoms with Crippen LogP contribution in [-0.4, -0.2) is 11.5 Å². The topological polar surface area (TPSA) is 50.9 Å². The number of anilines is 2. The summed E-state index contributed by atoms with van der Waals surface area (Å²) in [5, 5.41) is 4.36. The maximum absolute atomic E-state index is 5.97. The Morgan fingerprint density at radius 1 is 1.44 bits per heavy atom. The number of aromatic nitrogens is 1. The molecule has 2 rings (SSSR count). The number of benzene rings is 1. The van der Waals surface area contributed by atoms with Gasteiger partial charge in [-0.2, -0.15) is 0 Å². The van der Waals surface area contributed by atoms with Crippen LogP contribution in [0.4, 0.5) is 11.4 Å². The minimum Gasteiger partial charge on any atom is -0.398 e. The number of nitrogens with one attached hydrogen (secondary N) is 1. The second-order valence-corrected chi connectivity index (χ2v) is 4.95. The quantitative estimate of drug-likeness (QED) is 0.511. The normalized spacial score (nSPS) is 11.2. The first-order chi connectivity index (χ1) is 8.72. The van der Waals surface area contributed by atoms with E-state index in [1.165, 1.54) is 0 Å². The highest BCUT2D eigenvalue weighted by atomic mass is 79.9. The highest BCUT2D eigenvalue weighted by Gasteiger charge is 2.05. The lowest BCUT2D eigenvalue weighted by Gasteiger charge is -2.10.